The number of carbonyl (C=O) groups excluding carboxylic acids is 1. The summed E-state index contributed by atoms with van der Waals surface area (Å²) < 4.78 is 1.07. The van der Waals surface area contributed by atoms with E-state index in [1.54, 1.807) is 0 Å². The molecule has 0 radical (unpaired) electrons. The van der Waals surface area contributed by atoms with E-state index in [0.717, 1.165) is 27.9 Å². The highest BCUT2D eigenvalue weighted by atomic mass is 127. The maximum absolute atomic E-state index is 12.3. The molecule has 0 heterocycles. The number of aryl methyl sites for hydroxylation is 1. The van der Waals surface area contributed by atoms with E-state index in [1.807, 2.05) is 25.1 Å². The van der Waals surface area contributed by atoms with Crippen LogP contribution in [0.25, 0.3) is 0 Å². The van der Waals surface area contributed by atoms with Gasteiger partial charge in [-0.3, -0.25) is 4.79 Å². The molecule has 2 nitrogen and oxygen atoms in total. The van der Waals surface area contributed by atoms with Gasteiger partial charge in [0.2, 0.25) is 0 Å². The van der Waals surface area contributed by atoms with Gasteiger partial charge in [0.15, 0.2) is 0 Å². The van der Waals surface area contributed by atoms with E-state index in [2.05, 4.69) is 34.8 Å². The van der Waals surface area contributed by atoms with E-state index in [4.69, 9.17) is 0 Å². The van der Waals surface area contributed by atoms with Gasteiger partial charge in [0.25, 0.3) is 5.91 Å². The summed E-state index contributed by atoms with van der Waals surface area (Å²) in [6.07, 6.45) is 6.05. The van der Waals surface area contributed by atoms with Crippen molar-refractivity contribution in [2.75, 3.05) is 0 Å². The average Bonchev–Trinajstić information content (AvgIpc) is 2.42. The summed E-state index contributed by atoms with van der Waals surface area (Å²) >= 11 is 2.26. The van der Waals surface area contributed by atoms with Crippen molar-refractivity contribution in [1.82, 2.24) is 5.32 Å². The standard InChI is InChI=1S/C16H22INO/c1-3-12-7-9-13(10-8-12)18-16(19)14-6-4-5-11(2)15(14)17/h4-6,12-13H,3,7-10H2,1-2H3,(H,18,19). The van der Waals surface area contributed by atoms with Crippen LogP contribution >= 0.6 is 22.6 Å². The minimum Gasteiger partial charge on any atom is -0.349 e. The number of hydrogen-bond donors (Lipinski definition) is 1. The molecule has 0 bridgehead atoms. The molecule has 1 saturated carbocycles. The maximum atomic E-state index is 12.3. The summed E-state index contributed by atoms with van der Waals surface area (Å²) in [5, 5.41) is 3.20. The van der Waals surface area contributed by atoms with Crippen molar-refractivity contribution in [3.63, 3.8) is 0 Å². The number of amides is 1. The van der Waals surface area contributed by atoms with Gasteiger partial charge in [-0.25, -0.2) is 0 Å². The van der Waals surface area contributed by atoms with Gasteiger partial charge in [0.1, 0.15) is 0 Å². The Kier molecular flexibility index (Phi) is 5.25. The summed E-state index contributed by atoms with van der Waals surface area (Å²) in [5.74, 6) is 0.959. The third kappa shape index (κ3) is 3.71. The highest BCUT2D eigenvalue weighted by Crippen LogP contribution is 2.27. The lowest BCUT2D eigenvalue weighted by molar-refractivity contribution is 0.0920. The minimum absolute atomic E-state index is 0.0908. The number of rotatable bonds is 3. The Balaban J connectivity index is 1.96. The molecule has 19 heavy (non-hydrogen) atoms. The van der Waals surface area contributed by atoms with Gasteiger partial charge in [-0.05, 0) is 72.7 Å². The van der Waals surface area contributed by atoms with Gasteiger partial charge in [-0.15, -0.1) is 0 Å². The normalized spacial score (nSPS) is 23.1. The molecule has 1 fully saturated rings. The second-order valence-electron chi connectivity index (χ2n) is 5.54. The van der Waals surface area contributed by atoms with E-state index in [9.17, 15) is 4.79 Å². The average molecular weight is 371 g/mol. The van der Waals surface area contributed by atoms with E-state index < -0.39 is 0 Å². The van der Waals surface area contributed by atoms with Crippen molar-refractivity contribution in [2.45, 2.75) is 52.0 Å². The highest BCUT2D eigenvalue weighted by molar-refractivity contribution is 14.1. The monoisotopic (exact) mass is 371 g/mol. The molecule has 1 aliphatic carbocycles. The Bertz CT molecular complexity index is 450. The summed E-state index contributed by atoms with van der Waals surface area (Å²) in [5.41, 5.74) is 1.99. The largest absolute Gasteiger partial charge is 0.349 e. The van der Waals surface area contributed by atoms with Gasteiger partial charge in [-0.1, -0.05) is 25.5 Å². The third-order valence-electron chi connectivity index (χ3n) is 4.20. The molecule has 0 spiro atoms. The predicted octanol–water partition coefficient (Wildman–Crippen LogP) is 4.30. The fraction of sp³-hybridized carbons (Fsp3) is 0.562. The topological polar surface area (TPSA) is 29.1 Å². The predicted molar refractivity (Wildman–Crippen MR) is 87.4 cm³/mol. The molecule has 0 aromatic heterocycles. The van der Waals surface area contributed by atoms with Crippen LogP contribution in [-0.4, -0.2) is 11.9 Å². The summed E-state index contributed by atoms with van der Waals surface area (Å²) in [6, 6.07) is 6.29. The first kappa shape index (κ1) is 14.8. The van der Waals surface area contributed by atoms with Gasteiger partial charge in [-0.2, -0.15) is 0 Å². The molecular weight excluding hydrogens is 349 g/mol. The maximum Gasteiger partial charge on any atom is 0.252 e. The van der Waals surface area contributed by atoms with Crippen molar-refractivity contribution < 1.29 is 4.79 Å². The Labute approximate surface area is 129 Å². The molecule has 104 valence electrons. The minimum atomic E-state index is 0.0908. The van der Waals surface area contributed by atoms with Crippen molar-refractivity contribution in [1.29, 1.82) is 0 Å². The first-order valence-electron chi connectivity index (χ1n) is 7.17. The second-order valence-corrected chi connectivity index (χ2v) is 6.61. The molecule has 1 aliphatic rings. The Morgan fingerprint density at radius 2 is 2.00 bits per heavy atom. The van der Waals surface area contributed by atoms with Gasteiger partial charge in [0, 0.05) is 9.61 Å². The number of nitrogens with one attached hydrogen (secondary N) is 1. The number of carbonyl (C=O) groups is 1. The lowest BCUT2D eigenvalue weighted by atomic mass is 9.84. The molecule has 1 amide bonds. The molecule has 3 heteroatoms. The van der Waals surface area contributed by atoms with E-state index in [-0.39, 0.29) is 5.91 Å². The summed E-state index contributed by atoms with van der Waals surface area (Å²) in [4.78, 5) is 12.3. The number of benzene rings is 1. The SMILES string of the molecule is CCC1CCC(NC(=O)c2cccc(C)c2I)CC1. The van der Waals surface area contributed by atoms with Crippen molar-refractivity contribution in [2.24, 2.45) is 5.92 Å². The lowest BCUT2D eigenvalue weighted by Gasteiger charge is -2.28. The van der Waals surface area contributed by atoms with Gasteiger partial charge < -0.3 is 5.32 Å². The first-order valence-corrected chi connectivity index (χ1v) is 8.25. The molecule has 1 N–H and O–H groups in total. The second kappa shape index (κ2) is 6.73. The van der Waals surface area contributed by atoms with Crippen LogP contribution in [0.2, 0.25) is 0 Å². The van der Waals surface area contributed by atoms with Gasteiger partial charge >= 0.3 is 0 Å². The van der Waals surface area contributed by atoms with E-state index in [0.29, 0.717) is 6.04 Å². The zero-order chi connectivity index (χ0) is 13.8. The molecule has 1 aromatic carbocycles. The van der Waals surface area contributed by atoms with Crippen molar-refractivity contribution in [3.8, 4) is 0 Å². The van der Waals surface area contributed by atoms with Crippen LogP contribution in [0.3, 0.4) is 0 Å². The molecule has 0 atom stereocenters. The number of hydrogen-bond acceptors (Lipinski definition) is 1. The smallest absolute Gasteiger partial charge is 0.252 e. The fourth-order valence-electron chi connectivity index (χ4n) is 2.80. The summed E-state index contributed by atoms with van der Waals surface area (Å²) in [6.45, 7) is 4.31. The van der Waals surface area contributed by atoms with Crippen LogP contribution in [-0.2, 0) is 0 Å². The lowest BCUT2D eigenvalue weighted by Crippen LogP contribution is -2.37. The summed E-state index contributed by atoms with van der Waals surface area (Å²) in [7, 11) is 0. The first-order chi connectivity index (χ1) is 9.11. The third-order valence-corrected chi connectivity index (χ3v) is 5.63. The molecule has 1 aromatic rings. The zero-order valence-corrected chi connectivity index (χ0v) is 13.9. The van der Waals surface area contributed by atoms with Crippen LogP contribution in [0.5, 0.6) is 0 Å². The van der Waals surface area contributed by atoms with Crippen LogP contribution in [0, 0.1) is 16.4 Å². The molecule has 0 unspecified atom stereocenters. The van der Waals surface area contributed by atoms with E-state index in [1.165, 1.54) is 24.8 Å². The molecular formula is C16H22INO. The molecule has 0 aliphatic heterocycles. The van der Waals surface area contributed by atoms with Crippen LogP contribution < -0.4 is 5.32 Å². The quantitative estimate of drug-likeness (QED) is 0.789. The Morgan fingerprint density at radius 1 is 1.32 bits per heavy atom. The zero-order valence-electron chi connectivity index (χ0n) is 11.7. The van der Waals surface area contributed by atoms with Gasteiger partial charge in [0.05, 0.1) is 5.56 Å². The molecule has 2 rings (SSSR count). The van der Waals surface area contributed by atoms with Crippen molar-refractivity contribution >= 4 is 28.5 Å². The Morgan fingerprint density at radius 3 is 2.63 bits per heavy atom. The number of halogens is 1. The highest BCUT2D eigenvalue weighted by Gasteiger charge is 2.22. The fourth-order valence-corrected chi connectivity index (χ4v) is 3.41. The Hall–Kier alpha value is -0.580. The van der Waals surface area contributed by atoms with Crippen LogP contribution in [0.4, 0.5) is 0 Å². The molecule has 0 saturated heterocycles. The van der Waals surface area contributed by atoms with Crippen LogP contribution in [0.15, 0.2) is 18.2 Å². The van der Waals surface area contributed by atoms with Crippen molar-refractivity contribution in [3.05, 3.63) is 32.9 Å². The van der Waals surface area contributed by atoms with Crippen LogP contribution in [0.1, 0.15) is 54.9 Å². The van der Waals surface area contributed by atoms with E-state index >= 15 is 0 Å².